The predicted molar refractivity (Wildman–Crippen MR) is 67.5 cm³/mol. The number of allylic oxidation sites excluding steroid dienone is 1. The lowest BCUT2D eigenvalue weighted by Gasteiger charge is -2.27. The molecule has 0 aliphatic carbocycles. The van der Waals surface area contributed by atoms with Crippen LogP contribution in [-0.4, -0.2) is 42.5 Å². The summed E-state index contributed by atoms with van der Waals surface area (Å²) in [5.74, 6) is 0. The molecule has 3 nitrogen and oxygen atoms in total. The fourth-order valence-corrected chi connectivity index (χ4v) is 2.07. The molecule has 1 rings (SSSR count). The molecule has 0 saturated carbocycles. The molecule has 2 amide bonds. The molecule has 1 heterocycles. The maximum absolute atomic E-state index is 12.1. The Kier molecular flexibility index (Phi) is 5.98. The maximum Gasteiger partial charge on any atom is 0.319 e. The Morgan fingerprint density at radius 1 is 1.31 bits per heavy atom. The first-order valence-corrected chi connectivity index (χ1v) is 6.36. The van der Waals surface area contributed by atoms with Gasteiger partial charge < -0.3 is 9.80 Å². The van der Waals surface area contributed by atoms with Gasteiger partial charge in [0.25, 0.3) is 0 Å². The standard InChI is InChI=1S/C13H24N2O/c1-3-4-7-10-14(2)13(16)15-11-8-5-6-9-12-15/h3H,1,4-12H2,2H3. The Labute approximate surface area is 99.1 Å². The highest BCUT2D eigenvalue weighted by atomic mass is 16.2. The van der Waals surface area contributed by atoms with Crippen molar-refractivity contribution in [2.45, 2.75) is 38.5 Å². The second-order valence-corrected chi connectivity index (χ2v) is 4.54. The van der Waals surface area contributed by atoms with Crippen LogP contribution >= 0.6 is 0 Å². The summed E-state index contributed by atoms with van der Waals surface area (Å²) in [7, 11) is 1.90. The molecule has 0 radical (unpaired) electrons. The average Bonchev–Trinajstić information content (AvgIpc) is 2.56. The van der Waals surface area contributed by atoms with Crippen molar-refractivity contribution in [3.8, 4) is 0 Å². The highest BCUT2D eigenvalue weighted by Crippen LogP contribution is 2.11. The van der Waals surface area contributed by atoms with Gasteiger partial charge in [-0.1, -0.05) is 18.9 Å². The molecule has 0 atom stereocenters. The van der Waals surface area contributed by atoms with E-state index in [2.05, 4.69) is 6.58 Å². The molecule has 0 unspecified atom stereocenters. The van der Waals surface area contributed by atoms with Crippen LogP contribution < -0.4 is 0 Å². The predicted octanol–water partition coefficient (Wildman–Crippen LogP) is 2.88. The van der Waals surface area contributed by atoms with Gasteiger partial charge in [-0.05, 0) is 25.7 Å². The van der Waals surface area contributed by atoms with E-state index in [4.69, 9.17) is 0 Å². The van der Waals surface area contributed by atoms with Gasteiger partial charge in [-0.3, -0.25) is 0 Å². The molecule has 92 valence electrons. The van der Waals surface area contributed by atoms with Crippen LogP contribution in [0.3, 0.4) is 0 Å². The lowest BCUT2D eigenvalue weighted by atomic mass is 10.2. The fourth-order valence-electron chi connectivity index (χ4n) is 2.07. The summed E-state index contributed by atoms with van der Waals surface area (Å²) < 4.78 is 0. The van der Waals surface area contributed by atoms with Crippen molar-refractivity contribution in [3.63, 3.8) is 0 Å². The van der Waals surface area contributed by atoms with Gasteiger partial charge in [0, 0.05) is 26.7 Å². The highest BCUT2D eigenvalue weighted by Gasteiger charge is 2.18. The molecule has 0 N–H and O–H groups in total. The van der Waals surface area contributed by atoms with Crippen molar-refractivity contribution in [2.75, 3.05) is 26.7 Å². The van der Waals surface area contributed by atoms with Gasteiger partial charge >= 0.3 is 6.03 Å². The highest BCUT2D eigenvalue weighted by molar-refractivity contribution is 5.74. The van der Waals surface area contributed by atoms with Crippen LogP contribution in [0.15, 0.2) is 12.7 Å². The number of carbonyl (C=O) groups is 1. The molecule has 1 saturated heterocycles. The molecule has 0 bridgehead atoms. The topological polar surface area (TPSA) is 23.6 Å². The number of rotatable bonds is 4. The normalized spacial score (nSPS) is 16.7. The molecule has 1 fully saturated rings. The van der Waals surface area contributed by atoms with E-state index in [-0.39, 0.29) is 6.03 Å². The van der Waals surface area contributed by atoms with Crippen LogP contribution in [0, 0.1) is 0 Å². The second-order valence-electron chi connectivity index (χ2n) is 4.54. The maximum atomic E-state index is 12.1. The SMILES string of the molecule is C=CCCCN(C)C(=O)N1CCCCCC1. The molecule has 0 aromatic rings. The van der Waals surface area contributed by atoms with Crippen LogP contribution in [0.1, 0.15) is 38.5 Å². The monoisotopic (exact) mass is 224 g/mol. The Morgan fingerprint density at radius 3 is 2.50 bits per heavy atom. The third kappa shape index (κ3) is 4.25. The molecule has 3 heteroatoms. The van der Waals surface area contributed by atoms with E-state index >= 15 is 0 Å². The first kappa shape index (κ1) is 13.1. The van der Waals surface area contributed by atoms with E-state index in [0.29, 0.717) is 0 Å². The zero-order chi connectivity index (χ0) is 11.8. The van der Waals surface area contributed by atoms with Gasteiger partial charge in [0.1, 0.15) is 0 Å². The number of hydrogen-bond acceptors (Lipinski definition) is 1. The van der Waals surface area contributed by atoms with Crippen LogP contribution in [0.4, 0.5) is 4.79 Å². The fraction of sp³-hybridized carbons (Fsp3) is 0.769. The molecule has 1 aliphatic rings. The summed E-state index contributed by atoms with van der Waals surface area (Å²) in [5, 5.41) is 0. The first-order valence-electron chi connectivity index (χ1n) is 6.36. The summed E-state index contributed by atoms with van der Waals surface area (Å²) >= 11 is 0. The molecule has 0 spiro atoms. The Bertz CT molecular complexity index is 220. The van der Waals surface area contributed by atoms with Gasteiger partial charge in [-0.25, -0.2) is 4.79 Å². The number of hydrogen-bond donors (Lipinski definition) is 0. The van der Waals surface area contributed by atoms with E-state index in [0.717, 1.165) is 45.3 Å². The molecule has 16 heavy (non-hydrogen) atoms. The summed E-state index contributed by atoms with van der Waals surface area (Å²) in [6.45, 7) is 6.40. The molecule has 0 aromatic heterocycles. The lowest BCUT2D eigenvalue weighted by molar-refractivity contribution is 0.164. The van der Waals surface area contributed by atoms with Crippen molar-refractivity contribution in [1.29, 1.82) is 0 Å². The summed E-state index contributed by atoms with van der Waals surface area (Å²) in [4.78, 5) is 15.9. The van der Waals surface area contributed by atoms with Crippen LogP contribution in [-0.2, 0) is 0 Å². The van der Waals surface area contributed by atoms with Crippen molar-refractivity contribution in [2.24, 2.45) is 0 Å². The molecule has 0 aromatic carbocycles. The van der Waals surface area contributed by atoms with Gasteiger partial charge in [0.2, 0.25) is 0 Å². The van der Waals surface area contributed by atoms with E-state index in [1.807, 2.05) is 22.9 Å². The second kappa shape index (κ2) is 7.31. The van der Waals surface area contributed by atoms with E-state index in [1.165, 1.54) is 12.8 Å². The summed E-state index contributed by atoms with van der Waals surface area (Å²) in [6, 6.07) is 0.200. The van der Waals surface area contributed by atoms with Gasteiger partial charge in [0.05, 0.1) is 0 Å². The lowest BCUT2D eigenvalue weighted by Crippen LogP contribution is -2.42. The van der Waals surface area contributed by atoms with Crippen LogP contribution in [0.2, 0.25) is 0 Å². The zero-order valence-electron chi connectivity index (χ0n) is 10.5. The Morgan fingerprint density at radius 2 is 1.94 bits per heavy atom. The summed E-state index contributed by atoms with van der Waals surface area (Å²) in [6.07, 6.45) is 8.76. The minimum absolute atomic E-state index is 0.200. The molecule has 1 aliphatic heterocycles. The van der Waals surface area contributed by atoms with Crippen LogP contribution in [0.5, 0.6) is 0 Å². The number of amides is 2. The third-order valence-corrected chi connectivity index (χ3v) is 3.10. The quantitative estimate of drug-likeness (QED) is 0.532. The van der Waals surface area contributed by atoms with Crippen molar-refractivity contribution in [3.05, 3.63) is 12.7 Å². The smallest absolute Gasteiger partial charge is 0.319 e. The number of unbranched alkanes of at least 4 members (excludes halogenated alkanes) is 1. The summed E-state index contributed by atoms with van der Waals surface area (Å²) in [5.41, 5.74) is 0. The third-order valence-electron chi connectivity index (χ3n) is 3.10. The van der Waals surface area contributed by atoms with Gasteiger partial charge in [-0.15, -0.1) is 6.58 Å². The van der Waals surface area contributed by atoms with E-state index in [1.54, 1.807) is 0 Å². The van der Waals surface area contributed by atoms with E-state index < -0.39 is 0 Å². The Balaban J connectivity index is 2.32. The minimum Gasteiger partial charge on any atom is -0.328 e. The first-order chi connectivity index (χ1) is 7.75. The van der Waals surface area contributed by atoms with Gasteiger partial charge in [0.15, 0.2) is 0 Å². The molecular formula is C13H24N2O. The van der Waals surface area contributed by atoms with Gasteiger partial charge in [-0.2, -0.15) is 0 Å². The minimum atomic E-state index is 0.200. The van der Waals surface area contributed by atoms with Crippen molar-refractivity contribution < 1.29 is 4.79 Å². The number of carbonyl (C=O) groups excluding carboxylic acids is 1. The van der Waals surface area contributed by atoms with Crippen molar-refractivity contribution >= 4 is 6.03 Å². The molecular weight excluding hydrogens is 200 g/mol. The van der Waals surface area contributed by atoms with E-state index in [9.17, 15) is 4.79 Å². The largest absolute Gasteiger partial charge is 0.328 e. The van der Waals surface area contributed by atoms with Crippen LogP contribution in [0.25, 0.3) is 0 Å². The number of likely N-dealkylation sites (tertiary alicyclic amines) is 1. The number of nitrogens with zero attached hydrogens (tertiary/aromatic N) is 2. The average molecular weight is 224 g/mol. The number of urea groups is 1. The zero-order valence-corrected chi connectivity index (χ0v) is 10.5. The Hall–Kier alpha value is -0.990. The van der Waals surface area contributed by atoms with Crippen molar-refractivity contribution in [1.82, 2.24) is 9.80 Å².